The molecular weight excluding hydrogens is 418 g/mol. The van der Waals surface area contributed by atoms with Crippen LogP contribution in [0.2, 0.25) is 0 Å². The topological polar surface area (TPSA) is 105 Å². The van der Waals surface area contributed by atoms with E-state index in [1.54, 1.807) is 61.5 Å². The van der Waals surface area contributed by atoms with Crippen molar-refractivity contribution in [1.29, 1.82) is 0 Å². The van der Waals surface area contributed by atoms with Crippen molar-refractivity contribution >= 4 is 27.5 Å². The number of hydrogen-bond donors (Lipinski definition) is 2. The molecule has 0 aromatic heterocycles. The fourth-order valence-corrected chi connectivity index (χ4v) is 5.01. The van der Waals surface area contributed by atoms with Crippen molar-refractivity contribution in [3.8, 4) is 5.75 Å². The minimum Gasteiger partial charge on any atom is -0.497 e. The Hall–Kier alpha value is -2.91. The number of sulfonamides is 1. The summed E-state index contributed by atoms with van der Waals surface area (Å²) in [4.78, 5) is 25.4. The summed E-state index contributed by atoms with van der Waals surface area (Å²) in [7, 11) is -2.12. The lowest BCUT2D eigenvalue weighted by molar-refractivity contribution is -0.129. The number of nitrogens with zero attached hydrogens (tertiary/aromatic N) is 1. The maximum absolute atomic E-state index is 12.9. The van der Waals surface area contributed by atoms with Gasteiger partial charge in [0.05, 0.1) is 17.9 Å². The van der Waals surface area contributed by atoms with Crippen molar-refractivity contribution in [2.45, 2.75) is 30.7 Å². The first-order chi connectivity index (χ1) is 14.8. The van der Waals surface area contributed by atoms with Crippen LogP contribution < -0.4 is 15.4 Å². The van der Waals surface area contributed by atoms with E-state index in [-0.39, 0.29) is 23.3 Å². The molecule has 1 fully saturated rings. The molecule has 3 rings (SSSR count). The lowest BCUT2D eigenvalue weighted by Crippen LogP contribution is -2.49. The van der Waals surface area contributed by atoms with Crippen LogP contribution in [0.5, 0.6) is 5.75 Å². The van der Waals surface area contributed by atoms with Gasteiger partial charge in [-0.05, 0) is 44.0 Å². The lowest BCUT2D eigenvalue weighted by atomic mass is 9.98. The molecular formula is C22H27N3O5S. The fraction of sp³-hybridized carbons (Fsp3) is 0.364. The predicted octanol–water partition coefficient (Wildman–Crippen LogP) is 2.24. The van der Waals surface area contributed by atoms with Crippen LogP contribution in [0.4, 0.5) is 5.69 Å². The van der Waals surface area contributed by atoms with Gasteiger partial charge in [0.2, 0.25) is 21.8 Å². The van der Waals surface area contributed by atoms with Crippen molar-refractivity contribution in [2.75, 3.05) is 25.5 Å². The smallest absolute Gasteiger partial charge is 0.246 e. The zero-order chi connectivity index (χ0) is 22.4. The SMILES string of the molecule is COc1cccc(NC(=O)C(C)NC(=O)C2CCCN(S(=O)(=O)c3ccccc3)C2)c1. The number of ether oxygens (including phenoxy) is 1. The molecule has 2 atom stereocenters. The summed E-state index contributed by atoms with van der Waals surface area (Å²) in [6, 6.07) is 14.3. The number of carbonyl (C=O) groups excluding carboxylic acids is 2. The highest BCUT2D eigenvalue weighted by Gasteiger charge is 2.34. The summed E-state index contributed by atoms with van der Waals surface area (Å²) in [6.07, 6.45) is 1.14. The molecule has 2 aromatic carbocycles. The number of methoxy groups -OCH3 is 1. The minimum atomic E-state index is -3.66. The van der Waals surface area contributed by atoms with Crippen LogP contribution >= 0.6 is 0 Å². The number of carbonyl (C=O) groups is 2. The highest BCUT2D eigenvalue weighted by Crippen LogP contribution is 2.24. The number of anilines is 1. The Labute approximate surface area is 182 Å². The van der Waals surface area contributed by atoms with Gasteiger partial charge >= 0.3 is 0 Å². The number of nitrogens with one attached hydrogen (secondary N) is 2. The first-order valence-electron chi connectivity index (χ1n) is 10.1. The number of rotatable bonds is 7. The second kappa shape index (κ2) is 9.93. The van der Waals surface area contributed by atoms with Gasteiger partial charge < -0.3 is 15.4 Å². The van der Waals surface area contributed by atoms with Crippen LogP contribution in [-0.2, 0) is 19.6 Å². The molecule has 9 heteroatoms. The quantitative estimate of drug-likeness (QED) is 0.680. The van der Waals surface area contributed by atoms with E-state index in [1.807, 2.05) is 0 Å². The van der Waals surface area contributed by atoms with Crippen LogP contribution in [0.1, 0.15) is 19.8 Å². The summed E-state index contributed by atoms with van der Waals surface area (Å²) in [5.41, 5.74) is 0.559. The van der Waals surface area contributed by atoms with E-state index < -0.39 is 22.0 Å². The van der Waals surface area contributed by atoms with Crippen LogP contribution in [0, 0.1) is 5.92 Å². The molecule has 1 heterocycles. The molecule has 0 radical (unpaired) electrons. The first kappa shape index (κ1) is 22.8. The summed E-state index contributed by atoms with van der Waals surface area (Å²) in [6.45, 7) is 2.05. The molecule has 0 spiro atoms. The number of benzene rings is 2. The second-order valence-electron chi connectivity index (χ2n) is 7.47. The Bertz CT molecular complexity index is 1030. The number of amides is 2. The average Bonchev–Trinajstić information content (AvgIpc) is 2.79. The average molecular weight is 446 g/mol. The van der Waals surface area contributed by atoms with Gasteiger partial charge in [0.25, 0.3) is 0 Å². The highest BCUT2D eigenvalue weighted by molar-refractivity contribution is 7.89. The maximum atomic E-state index is 12.9. The van der Waals surface area contributed by atoms with Crippen LogP contribution in [0.3, 0.4) is 0 Å². The Morgan fingerprint density at radius 2 is 1.87 bits per heavy atom. The molecule has 31 heavy (non-hydrogen) atoms. The normalized spacial score (nSPS) is 18.1. The summed E-state index contributed by atoms with van der Waals surface area (Å²) in [5, 5.41) is 5.45. The highest BCUT2D eigenvalue weighted by atomic mass is 32.2. The number of hydrogen-bond acceptors (Lipinski definition) is 5. The zero-order valence-electron chi connectivity index (χ0n) is 17.6. The van der Waals surface area contributed by atoms with Gasteiger partial charge in [-0.1, -0.05) is 24.3 Å². The molecule has 2 amide bonds. The van der Waals surface area contributed by atoms with Crippen molar-refractivity contribution in [1.82, 2.24) is 9.62 Å². The molecule has 0 bridgehead atoms. The Morgan fingerprint density at radius 3 is 2.58 bits per heavy atom. The Morgan fingerprint density at radius 1 is 1.13 bits per heavy atom. The third-order valence-corrected chi connectivity index (χ3v) is 7.10. The maximum Gasteiger partial charge on any atom is 0.246 e. The van der Waals surface area contributed by atoms with E-state index >= 15 is 0 Å². The molecule has 1 aliphatic rings. The zero-order valence-corrected chi connectivity index (χ0v) is 18.4. The predicted molar refractivity (Wildman–Crippen MR) is 117 cm³/mol. The molecule has 0 aliphatic carbocycles. The number of piperidine rings is 1. The second-order valence-corrected chi connectivity index (χ2v) is 9.40. The summed E-state index contributed by atoms with van der Waals surface area (Å²) < 4.78 is 32.2. The standard InChI is InChI=1S/C22H27N3O5S/c1-16(21(26)24-18-9-6-10-19(14-18)30-2)23-22(27)17-8-7-13-25(15-17)31(28,29)20-11-4-3-5-12-20/h3-6,9-12,14,16-17H,7-8,13,15H2,1-2H3,(H,23,27)(H,24,26). The van der Waals surface area contributed by atoms with E-state index in [0.717, 1.165) is 0 Å². The molecule has 0 saturated carbocycles. The van der Waals surface area contributed by atoms with E-state index in [4.69, 9.17) is 4.74 Å². The Kier molecular flexibility index (Phi) is 7.29. The monoisotopic (exact) mass is 445 g/mol. The van der Waals surface area contributed by atoms with E-state index in [1.165, 1.54) is 11.4 Å². The van der Waals surface area contributed by atoms with Gasteiger partial charge in [0.15, 0.2) is 0 Å². The molecule has 2 aromatic rings. The summed E-state index contributed by atoms with van der Waals surface area (Å²) >= 11 is 0. The molecule has 2 N–H and O–H groups in total. The van der Waals surface area contributed by atoms with Crippen molar-refractivity contribution in [3.05, 3.63) is 54.6 Å². The van der Waals surface area contributed by atoms with Crippen molar-refractivity contribution < 1.29 is 22.7 Å². The molecule has 1 aliphatic heterocycles. The summed E-state index contributed by atoms with van der Waals surface area (Å²) in [5.74, 6) is -0.608. The molecule has 1 saturated heterocycles. The van der Waals surface area contributed by atoms with Crippen molar-refractivity contribution in [2.24, 2.45) is 5.92 Å². The first-order valence-corrected chi connectivity index (χ1v) is 11.6. The van der Waals surface area contributed by atoms with Crippen molar-refractivity contribution in [3.63, 3.8) is 0 Å². The van der Waals surface area contributed by atoms with Crippen LogP contribution in [-0.4, -0.2) is 50.8 Å². The Balaban J connectivity index is 1.60. The third-order valence-electron chi connectivity index (χ3n) is 5.23. The van der Waals surface area contributed by atoms with Crippen LogP contribution in [0.15, 0.2) is 59.5 Å². The van der Waals surface area contributed by atoms with Gasteiger partial charge in [-0.15, -0.1) is 0 Å². The van der Waals surface area contributed by atoms with Gasteiger partial charge in [0.1, 0.15) is 11.8 Å². The van der Waals surface area contributed by atoms with E-state index in [0.29, 0.717) is 30.8 Å². The fourth-order valence-electron chi connectivity index (χ4n) is 3.46. The minimum absolute atomic E-state index is 0.0906. The van der Waals surface area contributed by atoms with E-state index in [2.05, 4.69) is 10.6 Å². The van der Waals surface area contributed by atoms with Gasteiger partial charge in [-0.2, -0.15) is 4.31 Å². The van der Waals surface area contributed by atoms with E-state index in [9.17, 15) is 18.0 Å². The largest absolute Gasteiger partial charge is 0.497 e. The van der Waals surface area contributed by atoms with Crippen LogP contribution in [0.25, 0.3) is 0 Å². The van der Waals surface area contributed by atoms with Gasteiger partial charge in [-0.3, -0.25) is 9.59 Å². The molecule has 166 valence electrons. The molecule has 2 unspecified atom stereocenters. The van der Waals surface area contributed by atoms with Gasteiger partial charge in [-0.25, -0.2) is 8.42 Å². The molecule has 8 nitrogen and oxygen atoms in total. The third kappa shape index (κ3) is 5.62. The van der Waals surface area contributed by atoms with Gasteiger partial charge in [0, 0.05) is 24.8 Å². The lowest BCUT2D eigenvalue weighted by Gasteiger charge is -2.31.